The lowest BCUT2D eigenvalue weighted by atomic mass is 10.2. The molecule has 4 nitrogen and oxygen atoms in total. The van der Waals surface area contributed by atoms with Gasteiger partial charge in [0.1, 0.15) is 0 Å². The minimum absolute atomic E-state index is 0.0355. The van der Waals surface area contributed by atoms with Crippen LogP contribution in [0.15, 0.2) is 83.0 Å². The highest BCUT2D eigenvalue weighted by Gasteiger charge is 2.18. The standard InChI is InChI=1S/C16H12N2O2S/c19-21(20,14-6-2-1-3-7-14)16-10-9-13(12-18-16)15-8-4-5-11-17-15/h1-12H. The molecule has 0 amide bonds. The second kappa shape index (κ2) is 5.46. The normalized spacial score (nSPS) is 11.2. The van der Waals surface area contributed by atoms with E-state index in [9.17, 15) is 8.42 Å². The van der Waals surface area contributed by atoms with Crippen LogP contribution < -0.4 is 0 Å². The van der Waals surface area contributed by atoms with Crippen LogP contribution in [0.4, 0.5) is 0 Å². The van der Waals surface area contributed by atoms with Crippen LogP contribution in [0.3, 0.4) is 0 Å². The van der Waals surface area contributed by atoms with Crippen molar-refractivity contribution in [2.75, 3.05) is 0 Å². The molecule has 3 aromatic rings. The topological polar surface area (TPSA) is 59.9 Å². The van der Waals surface area contributed by atoms with Gasteiger partial charge in [0.05, 0.1) is 10.6 Å². The fraction of sp³-hybridized carbons (Fsp3) is 0. The molecule has 3 rings (SSSR count). The molecule has 0 fully saturated rings. The Kier molecular flexibility index (Phi) is 3.50. The number of pyridine rings is 2. The van der Waals surface area contributed by atoms with Crippen molar-refractivity contribution in [2.24, 2.45) is 0 Å². The van der Waals surface area contributed by atoms with Gasteiger partial charge in [-0.1, -0.05) is 24.3 Å². The molecule has 0 aliphatic rings. The third-order valence-electron chi connectivity index (χ3n) is 3.03. The molecule has 0 saturated heterocycles. The van der Waals surface area contributed by atoms with Gasteiger partial charge in [-0.05, 0) is 36.4 Å². The molecule has 0 unspecified atom stereocenters. The van der Waals surface area contributed by atoms with E-state index in [-0.39, 0.29) is 9.92 Å². The first-order chi connectivity index (χ1) is 10.2. The smallest absolute Gasteiger partial charge is 0.223 e. The summed E-state index contributed by atoms with van der Waals surface area (Å²) in [6.45, 7) is 0. The number of rotatable bonds is 3. The number of aromatic nitrogens is 2. The highest BCUT2D eigenvalue weighted by Crippen LogP contribution is 2.21. The fourth-order valence-corrected chi connectivity index (χ4v) is 3.14. The second-order valence-electron chi connectivity index (χ2n) is 4.42. The molecule has 2 heterocycles. The summed E-state index contributed by atoms with van der Waals surface area (Å²) in [5.41, 5.74) is 1.54. The number of benzene rings is 1. The SMILES string of the molecule is O=S(=O)(c1ccccc1)c1ccc(-c2ccccn2)cn1. The van der Waals surface area contributed by atoms with Crippen LogP contribution >= 0.6 is 0 Å². The van der Waals surface area contributed by atoms with E-state index in [0.717, 1.165) is 11.3 Å². The van der Waals surface area contributed by atoms with E-state index in [1.165, 1.54) is 12.3 Å². The van der Waals surface area contributed by atoms with Gasteiger partial charge >= 0.3 is 0 Å². The first-order valence-electron chi connectivity index (χ1n) is 6.35. The fourth-order valence-electron chi connectivity index (χ4n) is 1.94. The van der Waals surface area contributed by atoms with Crippen LogP contribution in [-0.2, 0) is 9.84 Å². The number of sulfone groups is 1. The van der Waals surface area contributed by atoms with Gasteiger partial charge in [0, 0.05) is 18.0 Å². The van der Waals surface area contributed by atoms with Crippen LogP contribution in [0.5, 0.6) is 0 Å². The maximum atomic E-state index is 12.4. The average Bonchev–Trinajstić information content (AvgIpc) is 2.57. The van der Waals surface area contributed by atoms with Crippen LogP contribution in [0.25, 0.3) is 11.3 Å². The van der Waals surface area contributed by atoms with Crippen LogP contribution in [0, 0.1) is 0 Å². The molecule has 0 radical (unpaired) electrons. The maximum Gasteiger partial charge on any atom is 0.223 e. The van der Waals surface area contributed by atoms with Crippen LogP contribution in [-0.4, -0.2) is 18.4 Å². The monoisotopic (exact) mass is 296 g/mol. The van der Waals surface area contributed by atoms with Gasteiger partial charge < -0.3 is 0 Å². The molecule has 0 N–H and O–H groups in total. The van der Waals surface area contributed by atoms with E-state index in [0.29, 0.717) is 0 Å². The van der Waals surface area contributed by atoms with Gasteiger partial charge in [-0.15, -0.1) is 0 Å². The lowest BCUT2D eigenvalue weighted by Gasteiger charge is -2.05. The van der Waals surface area contributed by atoms with Crippen molar-refractivity contribution in [1.29, 1.82) is 0 Å². The van der Waals surface area contributed by atoms with Crippen molar-refractivity contribution in [3.05, 3.63) is 73.1 Å². The lowest BCUT2D eigenvalue weighted by Crippen LogP contribution is -2.04. The minimum atomic E-state index is -3.57. The highest BCUT2D eigenvalue weighted by molar-refractivity contribution is 7.91. The first-order valence-corrected chi connectivity index (χ1v) is 7.84. The van der Waals surface area contributed by atoms with Crippen molar-refractivity contribution in [1.82, 2.24) is 9.97 Å². The van der Waals surface area contributed by atoms with E-state index >= 15 is 0 Å². The molecule has 0 spiro atoms. The summed E-state index contributed by atoms with van der Waals surface area (Å²) in [4.78, 5) is 8.52. The maximum absolute atomic E-state index is 12.4. The molecule has 0 aliphatic carbocycles. The Labute approximate surface area is 123 Å². The Morgan fingerprint density at radius 3 is 2.14 bits per heavy atom. The van der Waals surface area contributed by atoms with Gasteiger partial charge in [0.15, 0.2) is 5.03 Å². The first kappa shape index (κ1) is 13.5. The van der Waals surface area contributed by atoms with Gasteiger partial charge in [-0.3, -0.25) is 4.98 Å². The molecule has 2 aromatic heterocycles. The molecule has 0 atom stereocenters. The van der Waals surface area contributed by atoms with Gasteiger partial charge in [0.25, 0.3) is 0 Å². The quantitative estimate of drug-likeness (QED) is 0.745. The number of hydrogen-bond acceptors (Lipinski definition) is 4. The van der Waals surface area contributed by atoms with E-state index < -0.39 is 9.84 Å². The van der Waals surface area contributed by atoms with Crippen molar-refractivity contribution >= 4 is 9.84 Å². The summed E-state index contributed by atoms with van der Waals surface area (Å²) in [6.07, 6.45) is 3.21. The van der Waals surface area contributed by atoms with Crippen LogP contribution in [0.1, 0.15) is 0 Å². The summed E-state index contributed by atoms with van der Waals surface area (Å²) in [5, 5.41) is 0.0355. The van der Waals surface area contributed by atoms with Crippen molar-refractivity contribution in [3.63, 3.8) is 0 Å². The Hall–Kier alpha value is -2.53. The summed E-state index contributed by atoms with van der Waals surface area (Å²) in [7, 11) is -3.57. The number of hydrogen-bond donors (Lipinski definition) is 0. The number of nitrogens with zero attached hydrogens (tertiary/aromatic N) is 2. The molecule has 0 aliphatic heterocycles. The Morgan fingerprint density at radius 2 is 1.52 bits per heavy atom. The predicted octanol–water partition coefficient (Wildman–Crippen LogP) is 2.98. The third-order valence-corrected chi connectivity index (χ3v) is 4.71. The zero-order valence-corrected chi connectivity index (χ0v) is 11.9. The summed E-state index contributed by atoms with van der Waals surface area (Å²) >= 11 is 0. The lowest BCUT2D eigenvalue weighted by molar-refractivity contribution is 0.592. The Morgan fingerprint density at radius 1 is 0.762 bits per heavy atom. The summed E-state index contributed by atoms with van der Waals surface area (Å²) in [6, 6.07) is 17.0. The van der Waals surface area contributed by atoms with Crippen molar-refractivity contribution in [2.45, 2.75) is 9.92 Å². The van der Waals surface area contributed by atoms with Gasteiger partial charge in [0.2, 0.25) is 9.84 Å². The molecule has 0 saturated carbocycles. The zero-order chi connectivity index (χ0) is 14.7. The van der Waals surface area contributed by atoms with Crippen molar-refractivity contribution in [3.8, 4) is 11.3 Å². The summed E-state index contributed by atoms with van der Waals surface area (Å²) < 4.78 is 24.8. The second-order valence-corrected chi connectivity index (χ2v) is 6.31. The summed E-state index contributed by atoms with van der Waals surface area (Å²) in [5.74, 6) is 0. The molecular formula is C16H12N2O2S. The molecular weight excluding hydrogens is 284 g/mol. The predicted molar refractivity (Wildman–Crippen MR) is 79.4 cm³/mol. The zero-order valence-electron chi connectivity index (χ0n) is 11.0. The molecule has 0 bridgehead atoms. The van der Waals surface area contributed by atoms with E-state index in [2.05, 4.69) is 9.97 Å². The minimum Gasteiger partial charge on any atom is -0.256 e. The largest absolute Gasteiger partial charge is 0.256 e. The van der Waals surface area contributed by atoms with Crippen LogP contribution in [0.2, 0.25) is 0 Å². The third kappa shape index (κ3) is 2.68. The van der Waals surface area contributed by atoms with Gasteiger partial charge in [-0.2, -0.15) is 0 Å². The Balaban J connectivity index is 1.99. The Bertz CT molecular complexity index is 830. The molecule has 104 valence electrons. The average molecular weight is 296 g/mol. The van der Waals surface area contributed by atoms with E-state index in [1.54, 1.807) is 42.6 Å². The highest BCUT2D eigenvalue weighted by atomic mass is 32.2. The molecule has 1 aromatic carbocycles. The van der Waals surface area contributed by atoms with Crippen molar-refractivity contribution < 1.29 is 8.42 Å². The van der Waals surface area contributed by atoms with E-state index in [4.69, 9.17) is 0 Å². The molecule has 5 heteroatoms. The molecule has 21 heavy (non-hydrogen) atoms. The van der Waals surface area contributed by atoms with E-state index in [1.807, 2.05) is 18.2 Å². The van der Waals surface area contributed by atoms with Gasteiger partial charge in [-0.25, -0.2) is 13.4 Å².